The Morgan fingerprint density at radius 3 is 2.50 bits per heavy atom. The number of hydrogen-bond acceptors (Lipinski definition) is 3. The van der Waals surface area contributed by atoms with Crippen LogP contribution in [0.25, 0.3) is 0 Å². The van der Waals surface area contributed by atoms with E-state index in [-0.39, 0.29) is 5.91 Å². The Hall–Kier alpha value is -2.85. The van der Waals surface area contributed by atoms with Gasteiger partial charge in [-0.1, -0.05) is 41.9 Å². The molecule has 0 aliphatic heterocycles. The van der Waals surface area contributed by atoms with Crippen molar-refractivity contribution < 1.29 is 4.79 Å². The zero-order valence-corrected chi connectivity index (χ0v) is 15.3. The maximum atomic E-state index is 12.3. The molecule has 0 aliphatic carbocycles. The van der Waals surface area contributed by atoms with Gasteiger partial charge < -0.3 is 10.6 Å². The molecule has 0 saturated carbocycles. The van der Waals surface area contributed by atoms with E-state index >= 15 is 0 Å². The van der Waals surface area contributed by atoms with Gasteiger partial charge in [0.2, 0.25) is 0 Å². The van der Waals surface area contributed by atoms with Crippen molar-refractivity contribution in [2.24, 2.45) is 0 Å². The lowest BCUT2D eigenvalue weighted by atomic mass is 10.1. The van der Waals surface area contributed by atoms with Gasteiger partial charge in [0.15, 0.2) is 0 Å². The SMILES string of the molecule is Cc1ccccc1NC(=O)c1ccc(NCCc2ccc(Cl)cc2)nc1. The van der Waals surface area contributed by atoms with Crippen LogP contribution in [0.3, 0.4) is 0 Å². The summed E-state index contributed by atoms with van der Waals surface area (Å²) in [7, 11) is 0. The number of halogens is 1. The smallest absolute Gasteiger partial charge is 0.257 e. The first-order valence-corrected chi connectivity index (χ1v) is 8.81. The minimum atomic E-state index is -0.167. The molecule has 0 aliphatic rings. The summed E-state index contributed by atoms with van der Waals surface area (Å²) in [5.41, 5.74) is 3.56. The Morgan fingerprint density at radius 2 is 1.81 bits per heavy atom. The number of amides is 1. The number of benzene rings is 2. The van der Waals surface area contributed by atoms with Crippen LogP contribution in [-0.2, 0) is 6.42 Å². The van der Waals surface area contributed by atoms with E-state index in [0.717, 1.165) is 35.1 Å². The van der Waals surface area contributed by atoms with Gasteiger partial charge in [-0.15, -0.1) is 0 Å². The average Bonchev–Trinajstić information content (AvgIpc) is 2.66. The molecule has 1 aromatic heterocycles. The third kappa shape index (κ3) is 4.83. The van der Waals surface area contributed by atoms with Gasteiger partial charge >= 0.3 is 0 Å². The first kappa shape index (κ1) is 18.0. The average molecular weight is 366 g/mol. The molecule has 1 amide bonds. The highest BCUT2D eigenvalue weighted by molar-refractivity contribution is 6.30. The first-order valence-electron chi connectivity index (χ1n) is 8.43. The highest BCUT2D eigenvalue weighted by atomic mass is 35.5. The molecule has 132 valence electrons. The van der Waals surface area contributed by atoms with Crippen LogP contribution in [-0.4, -0.2) is 17.4 Å². The summed E-state index contributed by atoms with van der Waals surface area (Å²) in [4.78, 5) is 16.6. The van der Waals surface area contributed by atoms with Crippen molar-refractivity contribution in [3.05, 3.63) is 88.6 Å². The molecule has 5 heteroatoms. The van der Waals surface area contributed by atoms with Gasteiger partial charge in [-0.05, 0) is 54.8 Å². The van der Waals surface area contributed by atoms with E-state index in [0.29, 0.717) is 5.56 Å². The standard InChI is InChI=1S/C21H20ClN3O/c1-15-4-2-3-5-19(15)25-21(26)17-8-11-20(24-14-17)23-13-12-16-6-9-18(22)10-7-16/h2-11,14H,12-13H2,1H3,(H,23,24)(H,25,26). The number of hydrogen-bond donors (Lipinski definition) is 2. The zero-order valence-electron chi connectivity index (χ0n) is 14.5. The fraction of sp³-hybridized carbons (Fsp3) is 0.143. The molecular formula is C21H20ClN3O. The lowest BCUT2D eigenvalue weighted by Crippen LogP contribution is -2.13. The van der Waals surface area contributed by atoms with E-state index in [9.17, 15) is 4.79 Å². The summed E-state index contributed by atoms with van der Waals surface area (Å²) >= 11 is 5.88. The summed E-state index contributed by atoms with van der Waals surface area (Å²) in [6.07, 6.45) is 2.45. The highest BCUT2D eigenvalue weighted by Crippen LogP contribution is 2.15. The van der Waals surface area contributed by atoms with E-state index in [4.69, 9.17) is 11.6 Å². The molecule has 0 saturated heterocycles. The molecule has 0 atom stereocenters. The van der Waals surface area contributed by atoms with Crippen molar-refractivity contribution in [2.75, 3.05) is 17.2 Å². The Balaban J connectivity index is 1.53. The topological polar surface area (TPSA) is 54.0 Å². The molecule has 0 radical (unpaired) electrons. The summed E-state index contributed by atoms with van der Waals surface area (Å²) in [6, 6.07) is 19.1. The number of carbonyl (C=O) groups excluding carboxylic acids is 1. The van der Waals surface area contributed by atoms with Gasteiger partial charge in [-0.25, -0.2) is 4.98 Å². The minimum absolute atomic E-state index is 0.167. The van der Waals surface area contributed by atoms with Crippen molar-refractivity contribution >= 4 is 29.0 Å². The van der Waals surface area contributed by atoms with Crippen molar-refractivity contribution in [2.45, 2.75) is 13.3 Å². The van der Waals surface area contributed by atoms with Crippen molar-refractivity contribution in [1.82, 2.24) is 4.98 Å². The maximum absolute atomic E-state index is 12.3. The summed E-state index contributed by atoms with van der Waals surface area (Å²) in [6.45, 7) is 2.71. The Morgan fingerprint density at radius 1 is 1.04 bits per heavy atom. The van der Waals surface area contributed by atoms with E-state index in [1.54, 1.807) is 12.3 Å². The molecule has 2 aromatic carbocycles. The second-order valence-corrected chi connectivity index (χ2v) is 6.44. The number of nitrogens with one attached hydrogen (secondary N) is 2. The zero-order chi connectivity index (χ0) is 18.4. The molecular weight excluding hydrogens is 346 g/mol. The molecule has 4 nitrogen and oxygen atoms in total. The predicted octanol–water partition coefficient (Wildman–Crippen LogP) is 4.95. The first-order chi connectivity index (χ1) is 12.6. The molecule has 0 unspecified atom stereocenters. The Bertz CT molecular complexity index is 877. The lowest BCUT2D eigenvalue weighted by Gasteiger charge is -2.09. The van der Waals surface area contributed by atoms with Gasteiger partial charge in [0.25, 0.3) is 5.91 Å². The fourth-order valence-electron chi connectivity index (χ4n) is 2.53. The van der Waals surface area contributed by atoms with Crippen LogP contribution in [0.15, 0.2) is 66.9 Å². The monoisotopic (exact) mass is 365 g/mol. The molecule has 0 bridgehead atoms. The van der Waals surface area contributed by atoms with Crippen LogP contribution in [0, 0.1) is 6.92 Å². The number of pyridine rings is 1. The number of nitrogens with zero attached hydrogens (tertiary/aromatic N) is 1. The molecule has 0 fully saturated rings. The molecule has 3 aromatic rings. The van der Waals surface area contributed by atoms with E-state index < -0.39 is 0 Å². The quantitative estimate of drug-likeness (QED) is 0.649. The van der Waals surface area contributed by atoms with Gasteiger partial charge in [0.05, 0.1) is 5.56 Å². The normalized spacial score (nSPS) is 10.4. The van der Waals surface area contributed by atoms with Crippen molar-refractivity contribution in [3.63, 3.8) is 0 Å². The van der Waals surface area contributed by atoms with E-state index in [2.05, 4.69) is 15.6 Å². The molecule has 2 N–H and O–H groups in total. The second-order valence-electron chi connectivity index (χ2n) is 6.00. The van der Waals surface area contributed by atoms with Crippen molar-refractivity contribution in [1.29, 1.82) is 0 Å². The van der Waals surface area contributed by atoms with Crippen LogP contribution in [0.4, 0.5) is 11.5 Å². The van der Waals surface area contributed by atoms with Gasteiger partial charge in [-0.2, -0.15) is 0 Å². The Labute approximate surface area is 158 Å². The molecule has 1 heterocycles. The third-order valence-electron chi connectivity index (χ3n) is 4.05. The highest BCUT2D eigenvalue weighted by Gasteiger charge is 2.08. The molecule has 0 spiro atoms. The van der Waals surface area contributed by atoms with Crippen LogP contribution in [0.5, 0.6) is 0 Å². The van der Waals surface area contributed by atoms with Crippen LogP contribution < -0.4 is 10.6 Å². The fourth-order valence-corrected chi connectivity index (χ4v) is 2.65. The largest absolute Gasteiger partial charge is 0.370 e. The summed E-state index contributed by atoms with van der Waals surface area (Å²) in [5, 5.41) is 6.90. The van der Waals surface area contributed by atoms with Gasteiger partial charge in [0.1, 0.15) is 5.82 Å². The number of rotatable bonds is 6. The Kier molecular flexibility index (Phi) is 5.87. The van der Waals surface area contributed by atoms with Crippen LogP contribution in [0.2, 0.25) is 5.02 Å². The number of para-hydroxylation sites is 1. The molecule has 3 rings (SSSR count). The molecule has 26 heavy (non-hydrogen) atoms. The van der Waals surface area contributed by atoms with Crippen LogP contribution in [0.1, 0.15) is 21.5 Å². The van der Waals surface area contributed by atoms with Gasteiger partial charge in [-0.3, -0.25) is 4.79 Å². The third-order valence-corrected chi connectivity index (χ3v) is 4.30. The van der Waals surface area contributed by atoms with Gasteiger partial charge in [0, 0.05) is 23.5 Å². The lowest BCUT2D eigenvalue weighted by molar-refractivity contribution is 0.102. The second kappa shape index (κ2) is 8.50. The summed E-state index contributed by atoms with van der Waals surface area (Å²) in [5.74, 6) is 0.575. The number of carbonyl (C=O) groups is 1. The maximum Gasteiger partial charge on any atom is 0.257 e. The van der Waals surface area contributed by atoms with Crippen LogP contribution >= 0.6 is 11.6 Å². The predicted molar refractivity (Wildman–Crippen MR) is 107 cm³/mol. The van der Waals surface area contributed by atoms with E-state index in [1.807, 2.05) is 61.5 Å². The van der Waals surface area contributed by atoms with E-state index in [1.165, 1.54) is 5.56 Å². The van der Waals surface area contributed by atoms with Crippen molar-refractivity contribution in [3.8, 4) is 0 Å². The minimum Gasteiger partial charge on any atom is -0.370 e. The number of aryl methyl sites for hydroxylation is 1. The number of anilines is 2. The summed E-state index contributed by atoms with van der Waals surface area (Å²) < 4.78 is 0. The number of aromatic nitrogens is 1.